The molecule has 2 atom stereocenters. The number of pyridine rings is 2. The number of carboxylic acids is 2. The number of benzene rings is 2. The van der Waals surface area contributed by atoms with Crippen LogP contribution < -0.4 is 19.3 Å². The number of rotatable bonds is 20. The molecule has 4 fully saturated rings. The summed E-state index contributed by atoms with van der Waals surface area (Å²) in [6.07, 6.45) is 16.7. The topological polar surface area (TPSA) is 185 Å². The molecule has 2 amide bonds. The van der Waals surface area contributed by atoms with Gasteiger partial charge in [-0.2, -0.15) is 0 Å². The zero-order chi connectivity index (χ0) is 51.9. The summed E-state index contributed by atoms with van der Waals surface area (Å²) in [5, 5.41) is 24.6. The van der Waals surface area contributed by atoms with Crippen LogP contribution in [0, 0.1) is 29.5 Å². The molecule has 4 aromatic heterocycles. The second-order valence-corrected chi connectivity index (χ2v) is 21.9. The summed E-state index contributed by atoms with van der Waals surface area (Å²) in [6.45, 7) is 0. The normalized spacial score (nSPS) is 16.5. The van der Waals surface area contributed by atoms with Crippen molar-refractivity contribution in [2.45, 2.75) is 115 Å². The molecule has 18 heteroatoms. The zero-order valence-corrected chi connectivity index (χ0v) is 43.8. The average molecular weight is 1060 g/mol. The third kappa shape index (κ3) is 12.6. The van der Waals surface area contributed by atoms with Crippen LogP contribution in [0.2, 0.25) is 5.02 Å². The molecule has 0 bridgehead atoms. The lowest BCUT2D eigenvalue weighted by atomic mass is 9.90. The van der Waals surface area contributed by atoms with Gasteiger partial charge in [-0.1, -0.05) is 111 Å². The molecular formula is C56H60ClFN6O8S2. The molecule has 0 saturated heterocycles. The molecule has 4 saturated carbocycles. The summed E-state index contributed by atoms with van der Waals surface area (Å²) < 4.78 is 24.5. The van der Waals surface area contributed by atoms with E-state index in [9.17, 15) is 33.8 Å². The molecule has 0 aliphatic heterocycles. The molecule has 4 aliphatic rings. The molecule has 0 unspecified atom stereocenters. The number of hydrogen-bond donors (Lipinski definition) is 2. The Bertz CT molecular complexity index is 2770. The maximum absolute atomic E-state index is 14.4. The first-order valence-corrected chi connectivity index (χ1v) is 27.6. The highest BCUT2D eigenvalue weighted by molar-refractivity contribution is 7.14. The van der Waals surface area contributed by atoms with Crippen molar-refractivity contribution in [2.24, 2.45) is 23.7 Å². The zero-order valence-electron chi connectivity index (χ0n) is 41.5. The minimum absolute atomic E-state index is 0.0569. The molecule has 4 aliphatic carbocycles. The molecule has 6 aromatic rings. The summed E-state index contributed by atoms with van der Waals surface area (Å²) in [5.74, 6) is -2.58. The first-order valence-electron chi connectivity index (χ1n) is 25.5. The quantitative estimate of drug-likeness (QED) is 0.0738. The number of hydrogen-bond acceptors (Lipinski definition) is 12. The van der Waals surface area contributed by atoms with Crippen LogP contribution in [0.4, 0.5) is 14.7 Å². The fourth-order valence-corrected chi connectivity index (χ4v) is 12.6. The Kier molecular flexibility index (Phi) is 17.0. The van der Waals surface area contributed by atoms with Gasteiger partial charge in [0.15, 0.2) is 16.1 Å². The minimum atomic E-state index is -0.943. The number of aliphatic carboxylic acids is 2. The van der Waals surface area contributed by atoms with E-state index >= 15 is 0 Å². The molecule has 10 rings (SSSR count). The number of halogens is 2. The summed E-state index contributed by atoms with van der Waals surface area (Å²) >= 11 is 9.14. The lowest BCUT2D eigenvalue weighted by molar-refractivity contribution is -0.141. The number of carbonyl (C=O) groups is 4. The Morgan fingerprint density at radius 1 is 0.635 bits per heavy atom. The van der Waals surface area contributed by atoms with Crippen molar-refractivity contribution in [3.8, 4) is 56.5 Å². The highest BCUT2D eigenvalue weighted by Crippen LogP contribution is 2.43. The summed E-state index contributed by atoms with van der Waals surface area (Å²) in [7, 11) is 2.90. The number of carbonyl (C=O) groups excluding carboxylic acids is 2. The number of nitrogens with zero attached hydrogens (tertiary/aromatic N) is 6. The fraction of sp³-hybridized carbons (Fsp3) is 0.429. The largest absolute Gasteiger partial charge is 0.481 e. The predicted molar refractivity (Wildman–Crippen MR) is 285 cm³/mol. The van der Waals surface area contributed by atoms with Gasteiger partial charge in [0.1, 0.15) is 5.02 Å². The molecule has 2 aromatic carbocycles. The van der Waals surface area contributed by atoms with Gasteiger partial charge in [0.25, 0.3) is 0 Å². The van der Waals surface area contributed by atoms with Crippen molar-refractivity contribution in [1.29, 1.82) is 0 Å². The Morgan fingerprint density at radius 3 is 1.42 bits per heavy atom. The van der Waals surface area contributed by atoms with Gasteiger partial charge < -0.3 is 19.7 Å². The highest BCUT2D eigenvalue weighted by Gasteiger charge is 2.42. The van der Waals surface area contributed by atoms with Gasteiger partial charge in [0.2, 0.25) is 23.6 Å². The van der Waals surface area contributed by atoms with Gasteiger partial charge in [0, 0.05) is 69.3 Å². The third-order valence-electron chi connectivity index (χ3n) is 14.5. The number of amides is 2. The van der Waals surface area contributed by atoms with Crippen LogP contribution >= 0.6 is 34.3 Å². The number of aromatic nitrogens is 4. The Hall–Kier alpha value is -6.30. The molecule has 2 N–H and O–H groups in total. The van der Waals surface area contributed by atoms with Crippen LogP contribution in [0.5, 0.6) is 11.8 Å². The maximum Gasteiger partial charge on any atom is 0.304 e. The van der Waals surface area contributed by atoms with E-state index in [1.54, 1.807) is 22.2 Å². The van der Waals surface area contributed by atoms with E-state index in [0.29, 0.717) is 57.1 Å². The van der Waals surface area contributed by atoms with Crippen molar-refractivity contribution in [3.05, 3.63) is 94.7 Å². The van der Waals surface area contributed by atoms with Crippen molar-refractivity contribution >= 4 is 68.3 Å². The van der Waals surface area contributed by atoms with Gasteiger partial charge in [-0.3, -0.25) is 29.0 Å². The van der Waals surface area contributed by atoms with Crippen LogP contribution in [-0.4, -0.2) is 80.2 Å². The first kappa shape index (κ1) is 52.6. The highest BCUT2D eigenvalue weighted by atomic mass is 35.5. The van der Waals surface area contributed by atoms with Crippen LogP contribution in [0.3, 0.4) is 0 Å². The number of anilines is 2. The van der Waals surface area contributed by atoms with Crippen LogP contribution in [-0.2, 0) is 19.2 Å². The molecule has 4 heterocycles. The smallest absolute Gasteiger partial charge is 0.304 e. The molecular weight excluding hydrogens is 1000 g/mol. The Morgan fingerprint density at radius 2 is 1.04 bits per heavy atom. The fourth-order valence-electron chi connectivity index (χ4n) is 10.5. The number of thiazole rings is 2. The summed E-state index contributed by atoms with van der Waals surface area (Å²) in [4.78, 5) is 72.4. The van der Waals surface area contributed by atoms with Gasteiger partial charge in [-0.25, -0.2) is 24.3 Å². The van der Waals surface area contributed by atoms with E-state index in [-0.39, 0.29) is 42.6 Å². The number of carboxylic acid groups (broad SMARTS) is 2. The van der Waals surface area contributed by atoms with Crippen molar-refractivity contribution in [3.63, 3.8) is 0 Å². The van der Waals surface area contributed by atoms with E-state index in [1.807, 2.05) is 65.4 Å². The predicted octanol–water partition coefficient (Wildman–Crippen LogP) is 12.9. The maximum atomic E-state index is 14.4. The number of methoxy groups -OCH3 is 2. The molecule has 0 spiro atoms. The van der Waals surface area contributed by atoms with Gasteiger partial charge >= 0.3 is 11.9 Å². The molecule has 14 nitrogen and oxygen atoms in total. The van der Waals surface area contributed by atoms with Crippen molar-refractivity contribution in [2.75, 3.05) is 24.0 Å². The van der Waals surface area contributed by atoms with E-state index in [1.165, 1.54) is 43.0 Å². The van der Waals surface area contributed by atoms with Crippen LogP contribution in [0.1, 0.15) is 103 Å². The lowest BCUT2D eigenvalue weighted by Crippen LogP contribution is -2.39. The van der Waals surface area contributed by atoms with Crippen LogP contribution in [0.25, 0.3) is 44.8 Å². The average Bonchev–Trinajstić information content (AvgIpc) is 4.07. The molecule has 0 radical (unpaired) electrons. The van der Waals surface area contributed by atoms with E-state index in [4.69, 9.17) is 31.0 Å². The minimum Gasteiger partial charge on any atom is -0.481 e. The SMILES string of the molecule is COc1ncc(-c2ccccc2-c2csc(N(C(=O)[C@@H](CC(=O)O)CC3CCCC3)C3CC3)n2)cc1Cl.COc1ncc(-c2ccccc2-c2csc(N(C(=O)[C@@H](CC(=O)O)CC3CCCC3)C3CC3)n2)cc1F. The molecule has 74 heavy (non-hydrogen) atoms. The van der Waals surface area contributed by atoms with E-state index in [2.05, 4.69) is 9.97 Å². The Balaban J connectivity index is 0.000000182. The molecule has 388 valence electrons. The third-order valence-corrected chi connectivity index (χ3v) is 16.4. The summed E-state index contributed by atoms with van der Waals surface area (Å²) in [5.41, 5.74) is 6.26. The first-order chi connectivity index (χ1) is 35.9. The number of ether oxygens (including phenoxy) is 2. The van der Waals surface area contributed by atoms with Gasteiger partial charge in [0.05, 0.1) is 38.4 Å². The lowest BCUT2D eigenvalue weighted by Gasteiger charge is -2.26. The second kappa shape index (κ2) is 23.9. The van der Waals surface area contributed by atoms with E-state index < -0.39 is 29.6 Å². The summed E-state index contributed by atoms with van der Waals surface area (Å²) in [6, 6.07) is 18.8. The Labute approximate surface area is 443 Å². The van der Waals surface area contributed by atoms with Gasteiger partial charge in [-0.15, -0.1) is 22.7 Å². The van der Waals surface area contributed by atoms with E-state index in [0.717, 1.165) is 111 Å². The van der Waals surface area contributed by atoms with Crippen molar-refractivity contribution in [1.82, 2.24) is 19.9 Å². The van der Waals surface area contributed by atoms with Gasteiger partial charge in [-0.05, 0) is 73.6 Å². The second-order valence-electron chi connectivity index (χ2n) is 19.8. The van der Waals surface area contributed by atoms with Crippen LogP contribution in [0.15, 0.2) is 83.8 Å². The standard InChI is InChI=1S/C28H30ClN3O4S.C28H30FN3O4S/c2*1-36-26-23(29)13-19(15-30-26)21-8-4-5-9-22(21)24-16-37-28(31-24)32(20-10-11-20)27(35)18(14-25(33)34)12-17-6-2-3-7-17/h2*4-5,8-9,13,15-18,20H,2-3,6-7,10-12,14H2,1H3,(H,33,34)/t2*18-/m11/s1. The van der Waals surface area contributed by atoms with Crippen molar-refractivity contribution < 1.29 is 43.3 Å². The monoisotopic (exact) mass is 1060 g/mol.